The number of aryl methyl sites for hydroxylation is 1. The van der Waals surface area contributed by atoms with E-state index in [-0.39, 0.29) is 11.5 Å². The number of carbonyl (C=O) groups is 2. The number of aromatic nitrogens is 3. The van der Waals surface area contributed by atoms with Crippen LogP contribution in [0.3, 0.4) is 0 Å². The Kier molecular flexibility index (Phi) is 6.03. The number of likely N-dealkylation sites (tertiary alicyclic amines) is 1. The summed E-state index contributed by atoms with van der Waals surface area (Å²) >= 11 is 1.21. The molecule has 3 aromatic rings. The lowest BCUT2D eigenvalue weighted by molar-refractivity contribution is -0.127. The van der Waals surface area contributed by atoms with Crippen molar-refractivity contribution in [2.45, 2.75) is 36.6 Å². The normalized spacial score (nSPS) is 16.9. The highest BCUT2D eigenvalue weighted by atomic mass is 32.2. The fraction of sp³-hybridized carbons (Fsp3) is 0.273. The van der Waals surface area contributed by atoms with Gasteiger partial charge in [0.05, 0.1) is 5.25 Å². The van der Waals surface area contributed by atoms with E-state index in [0.29, 0.717) is 30.4 Å². The Morgan fingerprint density at radius 1 is 1.10 bits per heavy atom. The van der Waals surface area contributed by atoms with Crippen LogP contribution in [-0.4, -0.2) is 43.4 Å². The Hall–Kier alpha value is -3.20. The van der Waals surface area contributed by atoms with E-state index >= 15 is 0 Å². The molecule has 2 N–H and O–H groups in total. The molecule has 160 valence electrons. The van der Waals surface area contributed by atoms with E-state index in [2.05, 4.69) is 10.2 Å². The van der Waals surface area contributed by atoms with Crippen molar-refractivity contribution in [3.8, 4) is 11.4 Å². The number of nitrogens with two attached hydrogens (primary N) is 1. The minimum absolute atomic E-state index is 0.282. The Morgan fingerprint density at radius 3 is 2.52 bits per heavy atom. The van der Waals surface area contributed by atoms with Crippen molar-refractivity contribution < 1.29 is 14.0 Å². The van der Waals surface area contributed by atoms with Gasteiger partial charge in [0.15, 0.2) is 5.82 Å². The van der Waals surface area contributed by atoms with Crippen LogP contribution in [0.2, 0.25) is 0 Å². The number of nitrogens with zero attached hydrogens (tertiary/aromatic N) is 4. The highest BCUT2D eigenvalue weighted by molar-refractivity contribution is 8.00. The van der Waals surface area contributed by atoms with Gasteiger partial charge in [0.2, 0.25) is 11.1 Å². The standard InChI is InChI=1S/C22H22FN5O2S/c1-14-5-7-15(8-6-14)19-25-26-22(28(19)24)31-18-4-2-3-13-27(21(18)30)20(29)16-9-11-17(23)12-10-16/h5-12,18H,2-4,13,24H2,1H3/t18-/m0/s1. The average molecular weight is 440 g/mol. The molecule has 1 atom stereocenters. The summed E-state index contributed by atoms with van der Waals surface area (Å²) in [6.45, 7) is 2.32. The molecular weight excluding hydrogens is 417 g/mol. The SMILES string of the molecule is Cc1ccc(-c2nnc(S[C@H]3CCCCN(C(=O)c4ccc(F)cc4)C3=O)n2N)cc1. The topological polar surface area (TPSA) is 94.1 Å². The number of amides is 2. The highest BCUT2D eigenvalue weighted by Crippen LogP contribution is 2.31. The summed E-state index contributed by atoms with van der Waals surface area (Å²) in [5.74, 6) is 5.57. The lowest BCUT2D eigenvalue weighted by atomic mass is 10.1. The molecule has 0 aliphatic carbocycles. The van der Waals surface area contributed by atoms with Crippen molar-refractivity contribution in [2.24, 2.45) is 0 Å². The van der Waals surface area contributed by atoms with E-state index in [1.165, 1.54) is 45.6 Å². The second kappa shape index (κ2) is 8.89. The monoisotopic (exact) mass is 439 g/mol. The summed E-state index contributed by atoms with van der Waals surface area (Å²) in [4.78, 5) is 27.3. The lowest BCUT2D eigenvalue weighted by Gasteiger charge is -2.22. The summed E-state index contributed by atoms with van der Waals surface area (Å²) in [7, 11) is 0. The molecule has 2 amide bonds. The van der Waals surface area contributed by atoms with Gasteiger partial charge in [-0.3, -0.25) is 14.5 Å². The second-order valence-corrected chi connectivity index (χ2v) is 8.62. The van der Waals surface area contributed by atoms with Crippen molar-refractivity contribution in [1.82, 2.24) is 19.8 Å². The van der Waals surface area contributed by atoms with Crippen LogP contribution in [0.1, 0.15) is 35.2 Å². The lowest BCUT2D eigenvalue weighted by Crippen LogP contribution is -2.41. The predicted molar refractivity (Wildman–Crippen MR) is 116 cm³/mol. The Balaban J connectivity index is 1.54. The summed E-state index contributed by atoms with van der Waals surface area (Å²) in [6.07, 6.45) is 2.10. The van der Waals surface area contributed by atoms with Crippen LogP contribution >= 0.6 is 11.8 Å². The van der Waals surface area contributed by atoms with Gasteiger partial charge in [-0.25, -0.2) is 9.07 Å². The third kappa shape index (κ3) is 4.46. The number of benzene rings is 2. The number of hydrogen-bond acceptors (Lipinski definition) is 6. The van der Waals surface area contributed by atoms with Crippen molar-refractivity contribution >= 4 is 23.6 Å². The molecule has 9 heteroatoms. The predicted octanol–water partition coefficient (Wildman–Crippen LogP) is 3.42. The van der Waals surface area contributed by atoms with E-state index < -0.39 is 17.0 Å². The molecule has 0 unspecified atom stereocenters. The van der Waals surface area contributed by atoms with Crippen LogP contribution in [-0.2, 0) is 4.79 Å². The molecule has 2 aromatic carbocycles. The van der Waals surface area contributed by atoms with Gasteiger partial charge in [0.25, 0.3) is 5.91 Å². The molecule has 1 saturated heterocycles. The molecule has 4 rings (SSSR count). The zero-order chi connectivity index (χ0) is 22.0. The third-order valence-corrected chi connectivity index (χ3v) is 6.41. The first-order valence-electron chi connectivity index (χ1n) is 9.99. The van der Waals surface area contributed by atoms with E-state index in [4.69, 9.17) is 5.84 Å². The van der Waals surface area contributed by atoms with Crippen LogP contribution < -0.4 is 5.84 Å². The van der Waals surface area contributed by atoms with Gasteiger partial charge >= 0.3 is 0 Å². The molecule has 0 bridgehead atoms. The fourth-order valence-electron chi connectivity index (χ4n) is 3.45. The second-order valence-electron chi connectivity index (χ2n) is 7.45. The number of thioether (sulfide) groups is 1. The van der Waals surface area contributed by atoms with Gasteiger partial charge in [0.1, 0.15) is 5.82 Å². The van der Waals surface area contributed by atoms with Crippen molar-refractivity contribution in [2.75, 3.05) is 12.4 Å². The third-order valence-electron chi connectivity index (χ3n) is 5.20. The zero-order valence-corrected chi connectivity index (χ0v) is 17.8. The van der Waals surface area contributed by atoms with Crippen molar-refractivity contribution in [3.05, 3.63) is 65.5 Å². The molecule has 7 nitrogen and oxygen atoms in total. The first kappa shape index (κ1) is 21.0. The Labute approximate surface area is 183 Å². The van der Waals surface area contributed by atoms with Crippen molar-refractivity contribution in [3.63, 3.8) is 0 Å². The van der Waals surface area contributed by atoms with E-state index in [9.17, 15) is 14.0 Å². The number of halogens is 1. The van der Waals surface area contributed by atoms with E-state index in [1.807, 2.05) is 31.2 Å². The number of rotatable bonds is 4. The van der Waals surface area contributed by atoms with Gasteiger partial charge in [-0.15, -0.1) is 10.2 Å². The Bertz CT molecular complexity index is 1100. The number of imide groups is 1. The fourth-order valence-corrected chi connectivity index (χ4v) is 4.51. The minimum atomic E-state index is -0.510. The maximum atomic E-state index is 13.2. The number of carbonyl (C=O) groups excluding carboxylic acids is 2. The van der Waals surface area contributed by atoms with Crippen molar-refractivity contribution in [1.29, 1.82) is 0 Å². The zero-order valence-electron chi connectivity index (χ0n) is 17.0. The van der Waals surface area contributed by atoms with E-state index in [0.717, 1.165) is 17.5 Å². The Morgan fingerprint density at radius 2 is 1.81 bits per heavy atom. The average Bonchev–Trinajstić information content (AvgIpc) is 3.02. The van der Waals surface area contributed by atoms with Crippen LogP contribution in [0.15, 0.2) is 53.7 Å². The first-order valence-corrected chi connectivity index (χ1v) is 10.9. The molecule has 1 aromatic heterocycles. The quantitative estimate of drug-likeness (QED) is 0.495. The molecular formula is C22H22FN5O2S. The first-order chi connectivity index (χ1) is 14.9. The van der Waals surface area contributed by atoms with Gasteiger partial charge in [-0.2, -0.15) is 0 Å². The molecule has 0 saturated carbocycles. The minimum Gasteiger partial charge on any atom is -0.335 e. The molecule has 0 spiro atoms. The number of nitrogen functional groups attached to an aromatic ring is 1. The molecule has 31 heavy (non-hydrogen) atoms. The molecule has 2 heterocycles. The molecule has 1 aliphatic rings. The van der Waals surface area contributed by atoms with Gasteiger partial charge < -0.3 is 5.84 Å². The van der Waals surface area contributed by atoms with Crippen LogP contribution in [0, 0.1) is 12.7 Å². The van der Waals surface area contributed by atoms with Crippen LogP contribution in [0.4, 0.5) is 4.39 Å². The molecule has 1 aliphatic heterocycles. The molecule has 0 radical (unpaired) electrons. The molecule has 1 fully saturated rings. The highest BCUT2D eigenvalue weighted by Gasteiger charge is 2.33. The smallest absolute Gasteiger partial charge is 0.260 e. The van der Waals surface area contributed by atoms with Gasteiger partial charge in [-0.05, 0) is 44.0 Å². The summed E-state index contributed by atoms with van der Waals surface area (Å²) in [5.41, 5.74) is 2.23. The maximum Gasteiger partial charge on any atom is 0.260 e. The van der Waals surface area contributed by atoms with Gasteiger partial charge in [-0.1, -0.05) is 48.0 Å². The largest absolute Gasteiger partial charge is 0.335 e. The summed E-state index contributed by atoms with van der Waals surface area (Å²) in [5, 5.41) is 8.24. The van der Waals surface area contributed by atoms with Crippen LogP contribution in [0.5, 0.6) is 0 Å². The maximum absolute atomic E-state index is 13.2. The number of hydrogen-bond donors (Lipinski definition) is 1. The van der Waals surface area contributed by atoms with Gasteiger partial charge in [0, 0.05) is 17.7 Å². The van der Waals surface area contributed by atoms with Crippen LogP contribution in [0.25, 0.3) is 11.4 Å². The summed E-state index contributed by atoms with van der Waals surface area (Å²) < 4.78 is 14.6. The summed E-state index contributed by atoms with van der Waals surface area (Å²) in [6, 6.07) is 13.0. The van der Waals surface area contributed by atoms with E-state index in [1.54, 1.807) is 0 Å².